The Balaban J connectivity index is 1.56. The number of aromatic nitrogens is 5. The van der Waals surface area contributed by atoms with Crippen LogP contribution in [0.15, 0.2) is 65.2 Å². The summed E-state index contributed by atoms with van der Waals surface area (Å²) in [4.78, 5) is 1.52. The largest absolute Gasteiger partial charge is 0.537 e. The van der Waals surface area contributed by atoms with E-state index in [0.717, 1.165) is 16.4 Å². The Labute approximate surface area is 187 Å². The zero-order valence-electron chi connectivity index (χ0n) is 18.3. The molecule has 2 aromatic heterocycles. The van der Waals surface area contributed by atoms with Crippen molar-refractivity contribution in [1.82, 2.24) is 25.2 Å². The van der Waals surface area contributed by atoms with Gasteiger partial charge in [0.1, 0.15) is 0 Å². The molecule has 0 saturated heterocycles. The van der Waals surface area contributed by atoms with Crippen LogP contribution in [0.5, 0.6) is 0 Å². The Morgan fingerprint density at radius 3 is 2.06 bits per heavy atom. The van der Waals surface area contributed by atoms with Crippen LogP contribution in [0, 0.1) is 0 Å². The van der Waals surface area contributed by atoms with E-state index in [9.17, 15) is 0 Å². The van der Waals surface area contributed by atoms with Crippen LogP contribution >= 0.6 is 0 Å². The fraction of sp³-hybridized carbons (Fsp3) is 0.273. The molecule has 0 radical (unpaired) electrons. The van der Waals surface area contributed by atoms with E-state index in [-0.39, 0.29) is 0 Å². The number of rotatable bonds is 10. The van der Waals surface area contributed by atoms with Crippen LogP contribution in [-0.2, 0) is 13.3 Å². The fourth-order valence-corrected chi connectivity index (χ4v) is 5.72. The van der Waals surface area contributed by atoms with E-state index in [1.54, 1.807) is 6.20 Å². The van der Waals surface area contributed by atoms with Crippen molar-refractivity contribution in [3.05, 3.63) is 60.8 Å². The lowest BCUT2D eigenvalue weighted by atomic mass is 10.2. The third-order valence-corrected chi connectivity index (χ3v) is 7.66. The second-order valence-corrected chi connectivity index (χ2v) is 9.26. The summed E-state index contributed by atoms with van der Waals surface area (Å²) in [6.45, 7) is 7.31. The van der Waals surface area contributed by atoms with Crippen molar-refractivity contribution in [3.63, 3.8) is 0 Å². The van der Waals surface area contributed by atoms with Crippen LogP contribution in [0.3, 0.4) is 0 Å². The van der Waals surface area contributed by atoms with E-state index in [1.165, 1.54) is 4.80 Å². The molecule has 2 aromatic carbocycles. The van der Waals surface area contributed by atoms with Gasteiger partial charge >= 0.3 is 8.80 Å². The van der Waals surface area contributed by atoms with E-state index in [0.29, 0.717) is 37.3 Å². The molecule has 4 aromatic rings. The number of para-hydroxylation sites is 1. The number of benzene rings is 2. The second-order valence-electron chi connectivity index (χ2n) is 6.70. The van der Waals surface area contributed by atoms with Gasteiger partial charge in [-0.3, -0.25) is 0 Å². The van der Waals surface area contributed by atoms with E-state index in [4.69, 9.17) is 17.7 Å². The molecule has 32 heavy (non-hydrogen) atoms. The maximum absolute atomic E-state index is 5.97. The maximum Gasteiger partial charge on any atom is 0.537 e. The van der Waals surface area contributed by atoms with Crippen LogP contribution in [0.2, 0.25) is 0 Å². The molecule has 9 nitrogen and oxygen atoms in total. The minimum Gasteiger partial charge on any atom is -0.414 e. The fourth-order valence-electron chi connectivity index (χ4n) is 3.25. The molecule has 2 heterocycles. The van der Waals surface area contributed by atoms with Crippen LogP contribution in [0.1, 0.15) is 20.8 Å². The molecule has 0 aliphatic carbocycles. The summed E-state index contributed by atoms with van der Waals surface area (Å²) in [5.74, 6) is 0.685. The zero-order valence-corrected chi connectivity index (χ0v) is 19.3. The topological polar surface area (TPSA) is 97.3 Å². The van der Waals surface area contributed by atoms with Gasteiger partial charge in [-0.25, -0.2) is 0 Å². The predicted molar refractivity (Wildman–Crippen MR) is 120 cm³/mol. The molecule has 0 amide bonds. The molecule has 0 N–H and O–H groups in total. The third kappa shape index (κ3) is 4.53. The lowest BCUT2D eigenvalue weighted by molar-refractivity contribution is 0.0859. The van der Waals surface area contributed by atoms with Crippen molar-refractivity contribution in [2.24, 2.45) is 0 Å². The van der Waals surface area contributed by atoms with E-state index in [2.05, 4.69) is 20.4 Å². The number of hydrogen-bond acceptors (Lipinski definition) is 8. The molecule has 0 spiro atoms. The molecule has 166 valence electrons. The molecule has 0 aliphatic rings. The van der Waals surface area contributed by atoms with Crippen molar-refractivity contribution in [2.75, 3.05) is 19.8 Å². The highest BCUT2D eigenvalue weighted by Crippen LogP contribution is 2.23. The van der Waals surface area contributed by atoms with Gasteiger partial charge in [0.2, 0.25) is 5.89 Å². The summed E-state index contributed by atoms with van der Waals surface area (Å²) >= 11 is 0. The Morgan fingerprint density at radius 1 is 0.812 bits per heavy atom. The van der Waals surface area contributed by atoms with Gasteiger partial charge in [-0.2, -0.15) is 9.90 Å². The molecule has 10 heteroatoms. The number of nitrogens with zero attached hydrogens (tertiary/aromatic N) is 5. The van der Waals surface area contributed by atoms with E-state index in [1.807, 2.05) is 75.4 Å². The summed E-state index contributed by atoms with van der Waals surface area (Å²) < 4.78 is 23.8. The van der Waals surface area contributed by atoms with Crippen LogP contribution in [-0.4, -0.2) is 53.8 Å². The normalized spacial score (nSPS) is 11.7. The molecular weight excluding hydrogens is 426 g/mol. The average Bonchev–Trinajstić information content (AvgIpc) is 3.50. The zero-order chi connectivity index (χ0) is 22.4. The monoisotopic (exact) mass is 451 g/mol. The van der Waals surface area contributed by atoms with Crippen LogP contribution in [0.4, 0.5) is 0 Å². The van der Waals surface area contributed by atoms with E-state index < -0.39 is 8.80 Å². The Hall–Kier alpha value is -3.18. The van der Waals surface area contributed by atoms with Crippen molar-refractivity contribution in [1.29, 1.82) is 0 Å². The molecule has 0 saturated carbocycles. The van der Waals surface area contributed by atoms with Gasteiger partial charge < -0.3 is 17.7 Å². The highest BCUT2D eigenvalue weighted by molar-refractivity contribution is 6.75. The van der Waals surface area contributed by atoms with Gasteiger partial charge in [-0.1, -0.05) is 30.3 Å². The van der Waals surface area contributed by atoms with Crippen molar-refractivity contribution >= 4 is 14.0 Å². The molecule has 0 atom stereocenters. The second kappa shape index (κ2) is 9.96. The average molecular weight is 452 g/mol. The quantitative estimate of drug-likeness (QED) is 0.339. The Kier molecular flexibility index (Phi) is 6.86. The Morgan fingerprint density at radius 2 is 1.44 bits per heavy atom. The first kappa shape index (κ1) is 22.0. The first-order valence-electron chi connectivity index (χ1n) is 10.5. The first-order chi connectivity index (χ1) is 15.7. The van der Waals surface area contributed by atoms with Gasteiger partial charge in [-0.15, -0.1) is 15.3 Å². The molecule has 0 unspecified atom stereocenters. The van der Waals surface area contributed by atoms with Crippen LogP contribution < -0.4 is 5.19 Å². The molecular formula is C22H25N5O4Si. The van der Waals surface area contributed by atoms with Crippen molar-refractivity contribution in [3.8, 4) is 28.7 Å². The smallest absolute Gasteiger partial charge is 0.414 e. The third-order valence-electron chi connectivity index (χ3n) is 4.61. The van der Waals surface area contributed by atoms with Gasteiger partial charge in [0.15, 0.2) is 5.69 Å². The summed E-state index contributed by atoms with van der Waals surface area (Å²) in [7, 11) is -2.96. The van der Waals surface area contributed by atoms with Crippen LogP contribution in [0.25, 0.3) is 28.7 Å². The summed E-state index contributed by atoms with van der Waals surface area (Å²) in [6, 6.07) is 17.3. The van der Waals surface area contributed by atoms with Gasteiger partial charge in [-0.05, 0) is 45.0 Å². The SMILES string of the molecule is CCO[Si](OCC)(OCC)c1ccc(-c2nnc(-c3cnn(-c4ccccc4)n3)o2)cc1. The highest BCUT2D eigenvalue weighted by Gasteiger charge is 2.43. The molecule has 0 fully saturated rings. The van der Waals surface area contributed by atoms with Gasteiger partial charge in [0, 0.05) is 30.6 Å². The van der Waals surface area contributed by atoms with Gasteiger partial charge in [0.25, 0.3) is 5.89 Å². The van der Waals surface area contributed by atoms with Gasteiger partial charge in [0.05, 0.1) is 11.9 Å². The molecule has 0 aliphatic heterocycles. The summed E-state index contributed by atoms with van der Waals surface area (Å²) in [6.07, 6.45) is 1.60. The molecule has 0 bridgehead atoms. The lowest BCUT2D eigenvalue weighted by Gasteiger charge is -2.28. The maximum atomic E-state index is 5.97. The number of hydrogen-bond donors (Lipinski definition) is 0. The standard InChI is InChI=1S/C22H25N5O4Si/c1-4-28-32(29-5-2,30-6-3)19-14-12-17(13-15-19)21-24-25-22(31-21)20-16-23-27(26-20)18-10-8-7-9-11-18/h7-16H,4-6H2,1-3H3. The highest BCUT2D eigenvalue weighted by atomic mass is 28.4. The summed E-state index contributed by atoms with van der Waals surface area (Å²) in [5.41, 5.74) is 2.12. The van der Waals surface area contributed by atoms with Crippen molar-refractivity contribution < 1.29 is 17.7 Å². The Bertz CT molecular complexity index is 1110. The van der Waals surface area contributed by atoms with Crippen molar-refractivity contribution in [2.45, 2.75) is 20.8 Å². The lowest BCUT2D eigenvalue weighted by Crippen LogP contribution is -2.56. The molecule has 4 rings (SSSR count). The minimum atomic E-state index is -2.96. The minimum absolute atomic E-state index is 0.299. The predicted octanol–water partition coefficient (Wildman–Crippen LogP) is 3.24. The van der Waals surface area contributed by atoms with E-state index >= 15 is 0 Å². The first-order valence-corrected chi connectivity index (χ1v) is 12.3. The summed E-state index contributed by atoms with van der Waals surface area (Å²) in [5, 5.41) is 17.9.